The number of benzene rings is 1. The van der Waals surface area contributed by atoms with Crippen LogP contribution in [0.5, 0.6) is 0 Å². The topological polar surface area (TPSA) is 75.8 Å². The van der Waals surface area contributed by atoms with Crippen molar-refractivity contribution < 1.29 is 4.79 Å². The normalized spacial score (nSPS) is 16.3. The van der Waals surface area contributed by atoms with E-state index in [0.29, 0.717) is 17.8 Å². The van der Waals surface area contributed by atoms with Crippen LogP contribution in [-0.2, 0) is 11.3 Å². The van der Waals surface area contributed by atoms with Crippen molar-refractivity contribution in [2.45, 2.75) is 6.54 Å². The van der Waals surface area contributed by atoms with Crippen molar-refractivity contribution in [3.8, 4) is 0 Å². The highest BCUT2D eigenvalue weighted by molar-refractivity contribution is 5.95. The molecule has 1 heterocycles. The number of amides is 1. The van der Waals surface area contributed by atoms with E-state index >= 15 is 0 Å². The minimum Gasteiger partial charge on any atom is -0.366 e. The van der Waals surface area contributed by atoms with Crippen molar-refractivity contribution in [2.24, 2.45) is 10.9 Å². The van der Waals surface area contributed by atoms with Crippen LogP contribution in [0.25, 0.3) is 0 Å². The van der Waals surface area contributed by atoms with Gasteiger partial charge in [0.15, 0.2) is 0 Å². The molecule has 0 saturated heterocycles. The molecule has 5 heteroatoms. The van der Waals surface area contributed by atoms with Crippen molar-refractivity contribution in [1.82, 2.24) is 4.90 Å². The Kier molecular flexibility index (Phi) is 3.87. The summed E-state index contributed by atoms with van der Waals surface area (Å²) in [6, 6.07) is 9.70. The average Bonchev–Trinajstić information content (AvgIpc) is 2.42. The number of carbonyl (C=O) groups is 1. The molecule has 0 atom stereocenters. The third kappa shape index (κ3) is 3.16. The van der Waals surface area contributed by atoms with Crippen molar-refractivity contribution in [1.29, 1.82) is 0 Å². The predicted octanol–water partition coefficient (Wildman–Crippen LogP) is 2.04. The average molecular weight is 255 g/mol. The van der Waals surface area contributed by atoms with Crippen molar-refractivity contribution >= 4 is 5.91 Å². The third-order valence-corrected chi connectivity index (χ3v) is 2.73. The molecule has 0 bridgehead atoms. The van der Waals surface area contributed by atoms with Crippen LogP contribution in [0, 0.1) is 4.91 Å². The first-order valence-electron chi connectivity index (χ1n) is 5.73. The van der Waals surface area contributed by atoms with Crippen LogP contribution < -0.4 is 5.73 Å². The number of hydrogen-bond donors (Lipinski definition) is 1. The van der Waals surface area contributed by atoms with Crippen molar-refractivity contribution in [3.05, 3.63) is 76.6 Å². The minimum atomic E-state index is -0.507. The van der Waals surface area contributed by atoms with Crippen LogP contribution in [0.2, 0.25) is 0 Å². The van der Waals surface area contributed by atoms with Crippen LogP contribution in [0.4, 0.5) is 0 Å². The lowest BCUT2D eigenvalue weighted by Crippen LogP contribution is -2.23. The van der Waals surface area contributed by atoms with E-state index in [1.807, 2.05) is 30.3 Å². The Hall–Kier alpha value is -2.69. The Morgan fingerprint density at radius 3 is 2.63 bits per heavy atom. The summed E-state index contributed by atoms with van der Waals surface area (Å²) in [5.74, 6) is -0.507. The van der Waals surface area contributed by atoms with Crippen LogP contribution >= 0.6 is 0 Å². The third-order valence-electron chi connectivity index (χ3n) is 2.73. The van der Waals surface area contributed by atoms with Gasteiger partial charge in [-0.05, 0) is 22.9 Å². The molecule has 0 spiro atoms. The molecule has 96 valence electrons. The number of nitroso groups, excluding NO2 is 1. The Morgan fingerprint density at radius 2 is 2.00 bits per heavy atom. The summed E-state index contributed by atoms with van der Waals surface area (Å²) in [4.78, 5) is 23.3. The minimum absolute atomic E-state index is 0.388. The van der Waals surface area contributed by atoms with Gasteiger partial charge >= 0.3 is 0 Å². The van der Waals surface area contributed by atoms with Gasteiger partial charge in [-0.2, -0.15) is 0 Å². The Bertz CT molecular complexity index is 574. The molecule has 1 aliphatic rings. The Morgan fingerprint density at radius 1 is 1.26 bits per heavy atom. The molecule has 0 radical (unpaired) electrons. The molecule has 1 aliphatic heterocycles. The summed E-state index contributed by atoms with van der Waals surface area (Å²) in [7, 11) is 0. The Balaban J connectivity index is 2.27. The van der Waals surface area contributed by atoms with Gasteiger partial charge in [0.2, 0.25) is 5.91 Å². The fraction of sp³-hybridized carbons (Fsp3) is 0.0714. The van der Waals surface area contributed by atoms with Crippen LogP contribution in [-0.4, -0.2) is 10.8 Å². The van der Waals surface area contributed by atoms with E-state index in [9.17, 15) is 9.70 Å². The van der Waals surface area contributed by atoms with Crippen LogP contribution in [0.3, 0.4) is 0 Å². The number of nitrogens with two attached hydrogens (primary N) is 1. The number of allylic oxidation sites excluding steroid dienone is 1. The van der Waals surface area contributed by atoms with E-state index in [2.05, 4.69) is 5.18 Å². The van der Waals surface area contributed by atoms with Gasteiger partial charge in [-0.25, -0.2) is 0 Å². The van der Waals surface area contributed by atoms with Crippen molar-refractivity contribution in [2.75, 3.05) is 0 Å². The van der Waals surface area contributed by atoms with Gasteiger partial charge in [-0.15, -0.1) is 4.91 Å². The number of rotatable bonds is 4. The second-order valence-corrected chi connectivity index (χ2v) is 4.05. The van der Waals surface area contributed by atoms with E-state index in [0.717, 1.165) is 5.56 Å². The molecule has 1 aromatic carbocycles. The van der Waals surface area contributed by atoms with E-state index in [1.165, 1.54) is 6.20 Å². The second-order valence-electron chi connectivity index (χ2n) is 4.05. The fourth-order valence-electron chi connectivity index (χ4n) is 1.79. The number of primary amides is 1. The lowest BCUT2D eigenvalue weighted by Gasteiger charge is -2.24. The highest BCUT2D eigenvalue weighted by Crippen LogP contribution is 2.20. The number of carbonyl (C=O) groups excluding carboxylic acids is 1. The first kappa shape index (κ1) is 12.8. The van der Waals surface area contributed by atoms with E-state index in [-0.39, 0.29) is 0 Å². The highest BCUT2D eigenvalue weighted by atomic mass is 16.2. The molecular weight excluding hydrogens is 242 g/mol. The maximum absolute atomic E-state index is 11.2. The van der Waals surface area contributed by atoms with Crippen LogP contribution in [0.1, 0.15) is 5.56 Å². The fourth-order valence-corrected chi connectivity index (χ4v) is 1.79. The molecule has 0 aromatic heterocycles. The van der Waals surface area contributed by atoms with Gasteiger partial charge in [-0.3, -0.25) is 4.79 Å². The zero-order valence-electron chi connectivity index (χ0n) is 10.2. The SMILES string of the molecule is NC(=O)C1=CN(Cc2ccccc2)C(=CN=O)C=C1. The summed E-state index contributed by atoms with van der Waals surface area (Å²) in [5, 5.41) is 2.77. The standard InChI is InChI=1S/C14H13N3O2/c15-14(18)12-6-7-13(8-16-19)17(10-12)9-11-4-2-1-3-5-11/h1-8,10H,9H2,(H2,15,18). The van der Waals surface area contributed by atoms with Crippen molar-refractivity contribution in [3.63, 3.8) is 0 Å². The quantitative estimate of drug-likeness (QED) is 0.836. The summed E-state index contributed by atoms with van der Waals surface area (Å²) in [6.07, 6.45) is 6.03. The lowest BCUT2D eigenvalue weighted by molar-refractivity contribution is -0.114. The van der Waals surface area contributed by atoms with Gasteiger partial charge in [-0.1, -0.05) is 30.3 Å². The smallest absolute Gasteiger partial charge is 0.250 e. The Labute approximate surface area is 110 Å². The zero-order valence-corrected chi connectivity index (χ0v) is 10.2. The highest BCUT2D eigenvalue weighted by Gasteiger charge is 2.14. The summed E-state index contributed by atoms with van der Waals surface area (Å²) < 4.78 is 0. The molecule has 0 saturated carbocycles. The first-order valence-corrected chi connectivity index (χ1v) is 5.73. The van der Waals surface area contributed by atoms with Crippen LogP contribution in [0.15, 0.2) is 71.3 Å². The molecular formula is C14H13N3O2. The van der Waals surface area contributed by atoms with Gasteiger partial charge in [0.1, 0.15) is 0 Å². The molecule has 1 aromatic rings. The number of hydrogen-bond acceptors (Lipinski definition) is 4. The van der Waals surface area contributed by atoms with Gasteiger partial charge < -0.3 is 10.6 Å². The molecule has 5 nitrogen and oxygen atoms in total. The molecule has 0 unspecified atom stereocenters. The van der Waals surface area contributed by atoms with Gasteiger partial charge in [0.05, 0.1) is 17.5 Å². The molecule has 2 rings (SSSR count). The molecule has 0 fully saturated rings. The summed E-state index contributed by atoms with van der Waals surface area (Å²) in [6.45, 7) is 0.531. The lowest BCUT2D eigenvalue weighted by atomic mass is 10.1. The molecule has 19 heavy (non-hydrogen) atoms. The summed E-state index contributed by atoms with van der Waals surface area (Å²) >= 11 is 0. The molecule has 2 N–H and O–H groups in total. The molecule has 1 amide bonds. The van der Waals surface area contributed by atoms with Gasteiger partial charge in [0, 0.05) is 12.7 Å². The zero-order chi connectivity index (χ0) is 13.7. The molecule has 0 aliphatic carbocycles. The van der Waals surface area contributed by atoms with Gasteiger partial charge in [0.25, 0.3) is 0 Å². The first-order chi connectivity index (χ1) is 9.20. The predicted molar refractivity (Wildman–Crippen MR) is 72.3 cm³/mol. The van der Waals surface area contributed by atoms with E-state index in [4.69, 9.17) is 5.73 Å². The number of nitrogens with zero attached hydrogens (tertiary/aromatic N) is 2. The summed E-state index contributed by atoms with van der Waals surface area (Å²) in [5.41, 5.74) is 7.31. The maximum Gasteiger partial charge on any atom is 0.250 e. The largest absolute Gasteiger partial charge is 0.366 e. The monoisotopic (exact) mass is 255 g/mol. The maximum atomic E-state index is 11.2. The second kappa shape index (κ2) is 5.77. The van der Waals surface area contributed by atoms with E-state index < -0.39 is 5.91 Å². The van der Waals surface area contributed by atoms with E-state index in [1.54, 1.807) is 23.3 Å².